The van der Waals surface area contributed by atoms with Gasteiger partial charge in [0.15, 0.2) is 11.5 Å². The van der Waals surface area contributed by atoms with Gasteiger partial charge in [-0.25, -0.2) is 0 Å². The molecule has 4 rings (SSSR count). The SMILES string of the molecule is Cc1ccc2[nH]nc(C(=O)N3CCC(C(=O)c4ccccc4)CC3)c2c1. The number of nitrogens with one attached hydrogen (secondary N) is 1. The van der Waals surface area contributed by atoms with Crippen LogP contribution in [-0.2, 0) is 0 Å². The molecule has 0 spiro atoms. The fourth-order valence-corrected chi connectivity index (χ4v) is 3.62. The molecule has 1 aliphatic rings. The summed E-state index contributed by atoms with van der Waals surface area (Å²) in [7, 11) is 0. The molecule has 132 valence electrons. The van der Waals surface area contributed by atoms with E-state index >= 15 is 0 Å². The number of fused-ring (bicyclic) bond motifs is 1. The zero-order chi connectivity index (χ0) is 18.1. The van der Waals surface area contributed by atoms with Gasteiger partial charge in [-0.05, 0) is 31.9 Å². The van der Waals surface area contributed by atoms with Gasteiger partial charge in [-0.15, -0.1) is 0 Å². The van der Waals surface area contributed by atoms with Crippen LogP contribution in [0.1, 0.15) is 39.3 Å². The number of aryl methyl sites for hydroxylation is 1. The minimum Gasteiger partial charge on any atom is -0.337 e. The second kappa shape index (κ2) is 6.75. The minimum absolute atomic E-state index is 0.0142. The Bertz CT molecular complexity index is 954. The third-order valence-electron chi connectivity index (χ3n) is 5.13. The molecule has 1 aliphatic heterocycles. The molecule has 5 heteroatoms. The molecule has 0 saturated carbocycles. The van der Waals surface area contributed by atoms with Crippen LogP contribution in [0.2, 0.25) is 0 Å². The van der Waals surface area contributed by atoms with Gasteiger partial charge >= 0.3 is 0 Å². The second-order valence-corrected chi connectivity index (χ2v) is 6.92. The third-order valence-corrected chi connectivity index (χ3v) is 5.13. The van der Waals surface area contributed by atoms with Crippen molar-refractivity contribution in [3.8, 4) is 0 Å². The van der Waals surface area contributed by atoms with E-state index < -0.39 is 0 Å². The molecule has 1 fully saturated rings. The van der Waals surface area contributed by atoms with Crippen molar-refractivity contribution in [1.82, 2.24) is 15.1 Å². The lowest BCUT2D eigenvalue weighted by molar-refractivity contribution is 0.0647. The number of aromatic amines is 1. The average Bonchev–Trinajstić information content (AvgIpc) is 3.10. The minimum atomic E-state index is -0.0625. The fourth-order valence-electron chi connectivity index (χ4n) is 3.62. The van der Waals surface area contributed by atoms with Gasteiger partial charge in [0.2, 0.25) is 0 Å². The van der Waals surface area contributed by atoms with Crippen LogP contribution in [0.4, 0.5) is 0 Å². The molecule has 0 aliphatic carbocycles. The second-order valence-electron chi connectivity index (χ2n) is 6.92. The van der Waals surface area contributed by atoms with Crippen LogP contribution >= 0.6 is 0 Å². The quantitative estimate of drug-likeness (QED) is 0.736. The highest BCUT2D eigenvalue weighted by molar-refractivity contribution is 6.05. The smallest absolute Gasteiger partial charge is 0.274 e. The normalized spacial score (nSPS) is 15.3. The number of H-pyrrole nitrogens is 1. The maximum atomic E-state index is 12.9. The summed E-state index contributed by atoms with van der Waals surface area (Å²) in [6, 6.07) is 15.3. The van der Waals surface area contributed by atoms with E-state index in [1.54, 1.807) is 0 Å². The number of nitrogens with zero attached hydrogens (tertiary/aromatic N) is 2. The number of aromatic nitrogens is 2. The molecule has 0 bridgehead atoms. The molecule has 5 nitrogen and oxygen atoms in total. The number of carbonyl (C=O) groups excluding carboxylic acids is 2. The van der Waals surface area contributed by atoms with Crippen molar-refractivity contribution in [2.24, 2.45) is 5.92 Å². The number of carbonyl (C=O) groups is 2. The Morgan fingerprint density at radius 3 is 2.54 bits per heavy atom. The Morgan fingerprint density at radius 2 is 1.81 bits per heavy atom. The zero-order valence-corrected chi connectivity index (χ0v) is 14.7. The third kappa shape index (κ3) is 3.01. The van der Waals surface area contributed by atoms with Crippen LogP contribution in [0, 0.1) is 12.8 Å². The van der Waals surface area contributed by atoms with Crippen molar-refractivity contribution in [3.05, 3.63) is 65.4 Å². The van der Waals surface area contributed by atoms with E-state index in [2.05, 4.69) is 10.2 Å². The molecule has 3 aromatic rings. The predicted octanol–water partition coefficient (Wildman–Crippen LogP) is 3.61. The molecular formula is C21H21N3O2. The highest BCUT2D eigenvalue weighted by Gasteiger charge is 2.29. The predicted molar refractivity (Wildman–Crippen MR) is 100 cm³/mol. The number of Topliss-reactive ketones (excluding diaryl/α,β-unsaturated/α-hetero) is 1. The summed E-state index contributed by atoms with van der Waals surface area (Å²) in [4.78, 5) is 27.3. The molecule has 26 heavy (non-hydrogen) atoms. The van der Waals surface area contributed by atoms with Crippen molar-refractivity contribution in [2.45, 2.75) is 19.8 Å². The van der Waals surface area contributed by atoms with Gasteiger partial charge in [0.1, 0.15) is 0 Å². The Kier molecular flexibility index (Phi) is 4.29. The van der Waals surface area contributed by atoms with Gasteiger partial charge in [-0.1, -0.05) is 42.0 Å². The summed E-state index contributed by atoms with van der Waals surface area (Å²) in [6.07, 6.45) is 1.39. The van der Waals surface area contributed by atoms with E-state index in [4.69, 9.17) is 0 Å². The fraction of sp³-hybridized carbons (Fsp3) is 0.286. The maximum absolute atomic E-state index is 12.9. The molecule has 1 amide bonds. The molecule has 2 aromatic carbocycles. The number of piperidine rings is 1. The lowest BCUT2D eigenvalue weighted by Gasteiger charge is -2.31. The Balaban J connectivity index is 1.46. The van der Waals surface area contributed by atoms with E-state index in [1.807, 2.05) is 60.4 Å². The van der Waals surface area contributed by atoms with Crippen LogP contribution in [0.15, 0.2) is 48.5 Å². The Hall–Kier alpha value is -2.95. The summed E-state index contributed by atoms with van der Waals surface area (Å²) >= 11 is 0. The number of amides is 1. The van der Waals surface area contributed by atoms with Crippen molar-refractivity contribution in [2.75, 3.05) is 13.1 Å². The summed E-state index contributed by atoms with van der Waals surface area (Å²) in [6.45, 7) is 3.17. The lowest BCUT2D eigenvalue weighted by Crippen LogP contribution is -2.40. The summed E-state index contributed by atoms with van der Waals surface area (Å²) in [5.41, 5.74) is 3.19. The first-order valence-electron chi connectivity index (χ1n) is 8.97. The molecule has 0 unspecified atom stereocenters. The van der Waals surface area contributed by atoms with Crippen molar-refractivity contribution >= 4 is 22.6 Å². The van der Waals surface area contributed by atoms with Crippen LogP contribution in [-0.4, -0.2) is 39.9 Å². The molecule has 2 heterocycles. The van der Waals surface area contributed by atoms with Gasteiger partial charge in [0.25, 0.3) is 5.91 Å². The first-order valence-corrected chi connectivity index (χ1v) is 8.97. The van der Waals surface area contributed by atoms with E-state index in [-0.39, 0.29) is 17.6 Å². The van der Waals surface area contributed by atoms with Crippen molar-refractivity contribution in [3.63, 3.8) is 0 Å². The van der Waals surface area contributed by atoms with Gasteiger partial charge in [0, 0.05) is 30.0 Å². The molecule has 1 saturated heterocycles. The van der Waals surface area contributed by atoms with Crippen LogP contribution in [0.25, 0.3) is 10.9 Å². The summed E-state index contributed by atoms with van der Waals surface area (Å²) in [5.74, 6) is 0.102. The van der Waals surface area contributed by atoms with E-state index in [0.29, 0.717) is 31.6 Å². The van der Waals surface area contributed by atoms with Crippen molar-refractivity contribution in [1.29, 1.82) is 0 Å². The van der Waals surface area contributed by atoms with E-state index in [1.165, 1.54) is 0 Å². The number of ketones is 1. The van der Waals surface area contributed by atoms with Crippen LogP contribution in [0.5, 0.6) is 0 Å². The monoisotopic (exact) mass is 347 g/mol. The highest BCUT2D eigenvalue weighted by Crippen LogP contribution is 2.25. The van der Waals surface area contributed by atoms with Gasteiger partial charge < -0.3 is 4.90 Å². The van der Waals surface area contributed by atoms with E-state index in [9.17, 15) is 9.59 Å². The summed E-state index contributed by atoms with van der Waals surface area (Å²) in [5, 5.41) is 8.02. The topological polar surface area (TPSA) is 66.1 Å². The molecule has 0 radical (unpaired) electrons. The highest BCUT2D eigenvalue weighted by atomic mass is 16.2. The molecule has 1 aromatic heterocycles. The van der Waals surface area contributed by atoms with Crippen molar-refractivity contribution < 1.29 is 9.59 Å². The zero-order valence-electron chi connectivity index (χ0n) is 14.7. The standard InChI is InChI=1S/C21H21N3O2/c1-14-7-8-18-17(13-14)19(23-22-18)21(26)24-11-9-16(10-12-24)20(25)15-5-3-2-4-6-15/h2-8,13,16H,9-12H2,1H3,(H,22,23). The Labute approximate surface area is 152 Å². The average molecular weight is 347 g/mol. The number of likely N-dealkylation sites (tertiary alicyclic amines) is 1. The molecule has 1 N–H and O–H groups in total. The Morgan fingerprint density at radius 1 is 1.08 bits per heavy atom. The maximum Gasteiger partial charge on any atom is 0.274 e. The number of benzene rings is 2. The largest absolute Gasteiger partial charge is 0.337 e. The molecule has 0 atom stereocenters. The number of hydrogen-bond acceptors (Lipinski definition) is 3. The van der Waals surface area contributed by atoms with Gasteiger partial charge in [-0.3, -0.25) is 14.7 Å². The van der Waals surface area contributed by atoms with Crippen LogP contribution in [0.3, 0.4) is 0 Å². The number of rotatable bonds is 3. The first-order chi connectivity index (χ1) is 12.6. The molecular weight excluding hydrogens is 326 g/mol. The van der Waals surface area contributed by atoms with E-state index in [0.717, 1.165) is 22.0 Å². The van der Waals surface area contributed by atoms with Gasteiger partial charge in [0.05, 0.1) is 5.52 Å². The number of hydrogen-bond donors (Lipinski definition) is 1. The lowest BCUT2D eigenvalue weighted by atomic mass is 9.89. The van der Waals surface area contributed by atoms with Crippen LogP contribution < -0.4 is 0 Å². The van der Waals surface area contributed by atoms with Gasteiger partial charge in [-0.2, -0.15) is 5.10 Å². The summed E-state index contributed by atoms with van der Waals surface area (Å²) < 4.78 is 0. The first kappa shape index (κ1) is 16.5.